The largest absolute Gasteiger partial charge is 0.497 e. The van der Waals surface area contributed by atoms with Crippen LogP contribution in [-0.2, 0) is 16.1 Å². The highest BCUT2D eigenvalue weighted by molar-refractivity contribution is 6.22. The highest BCUT2D eigenvalue weighted by atomic mass is 16.5. The van der Waals surface area contributed by atoms with Gasteiger partial charge >= 0.3 is 6.03 Å². The third-order valence-electron chi connectivity index (χ3n) is 5.38. The van der Waals surface area contributed by atoms with Gasteiger partial charge in [0.1, 0.15) is 23.3 Å². The van der Waals surface area contributed by atoms with Crippen molar-refractivity contribution in [3.63, 3.8) is 0 Å². The number of carbonyl (C=O) groups excluding carboxylic acids is 3. The predicted molar refractivity (Wildman–Crippen MR) is 125 cm³/mol. The van der Waals surface area contributed by atoms with E-state index in [9.17, 15) is 14.4 Å². The molecule has 34 heavy (non-hydrogen) atoms. The lowest BCUT2D eigenvalue weighted by molar-refractivity contribution is -0.124. The maximum atomic E-state index is 13.3. The van der Waals surface area contributed by atoms with E-state index in [1.807, 2.05) is 6.92 Å². The van der Waals surface area contributed by atoms with Crippen molar-refractivity contribution >= 4 is 29.2 Å². The van der Waals surface area contributed by atoms with Crippen molar-refractivity contribution in [1.82, 2.24) is 4.90 Å². The number of hydrogen-bond donors (Lipinski definition) is 1. The van der Waals surface area contributed by atoms with Crippen LogP contribution in [0, 0.1) is 0 Å². The monoisotopic (exact) mass is 463 g/mol. The quantitative estimate of drug-likeness (QED) is 0.481. The van der Waals surface area contributed by atoms with Gasteiger partial charge in [-0.15, -0.1) is 0 Å². The molecular weight excluding hydrogens is 438 g/mol. The molecule has 9 heteroatoms. The second-order valence-electron chi connectivity index (χ2n) is 7.59. The normalized spacial score (nSPS) is 15.5. The molecule has 1 saturated heterocycles. The Labute approximate surface area is 196 Å². The topological polar surface area (TPSA) is 101 Å². The lowest BCUT2D eigenvalue weighted by atomic mass is 10.1. The molecule has 0 saturated carbocycles. The van der Waals surface area contributed by atoms with E-state index in [1.54, 1.807) is 60.7 Å². The van der Waals surface area contributed by atoms with Gasteiger partial charge in [-0.25, -0.2) is 9.69 Å². The number of urea groups is 1. The van der Waals surface area contributed by atoms with E-state index < -0.39 is 23.9 Å². The lowest BCUT2D eigenvalue weighted by Gasteiger charge is -2.20. The Morgan fingerprint density at radius 2 is 1.74 bits per heavy atom. The van der Waals surface area contributed by atoms with Crippen molar-refractivity contribution in [2.24, 2.45) is 0 Å². The van der Waals surface area contributed by atoms with Crippen LogP contribution < -0.4 is 19.7 Å². The number of nitrogens with zero attached hydrogens (tertiary/aromatic N) is 2. The molecule has 4 amide bonds. The Balaban J connectivity index is 1.53. The van der Waals surface area contributed by atoms with Gasteiger partial charge in [0.15, 0.2) is 0 Å². The predicted octanol–water partition coefficient (Wildman–Crippen LogP) is 4.05. The molecule has 3 aromatic rings. The lowest BCUT2D eigenvalue weighted by Crippen LogP contribution is -2.37. The number of imide groups is 1. The number of amides is 4. The van der Waals surface area contributed by atoms with Gasteiger partial charge in [-0.2, -0.15) is 0 Å². The summed E-state index contributed by atoms with van der Waals surface area (Å²) in [7, 11) is 1.53. The molecule has 0 aliphatic carbocycles. The third-order valence-corrected chi connectivity index (χ3v) is 5.38. The fourth-order valence-electron chi connectivity index (χ4n) is 3.74. The van der Waals surface area contributed by atoms with E-state index in [1.165, 1.54) is 18.3 Å². The van der Waals surface area contributed by atoms with Crippen LogP contribution in [0.25, 0.3) is 0 Å². The number of ether oxygens (including phenoxy) is 2. The Morgan fingerprint density at radius 3 is 2.35 bits per heavy atom. The van der Waals surface area contributed by atoms with Crippen molar-refractivity contribution < 1.29 is 28.3 Å². The molecule has 4 rings (SSSR count). The molecule has 1 fully saturated rings. The van der Waals surface area contributed by atoms with Gasteiger partial charge in [-0.05, 0) is 67.6 Å². The van der Waals surface area contributed by atoms with Crippen LogP contribution >= 0.6 is 0 Å². The zero-order valence-corrected chi connectivity index (χ0v) is 18.9. The molecule has 0 radical (unpaired) electrons. The Kier molecular flexibility index (Phi) is 6.82. The van der Waals surface area contributed by atoms with E-state index in [-0.39, 0.29) is 13.0 Å². The van der Waals surface area contributed by atoms with Crippen LogP contribution in [-0.4, -0.2) is 42.5 Å². The number of benzene rings is 2. The fourth-order valence-corrected chi connectivity index (χ4v) is 3.74. The van der Waals surface area contributed by atoms with Crippen molar-refractivity contribution in [1.29, 1.82) is 0 Å². The standard InChI is InChI=1S/C25H25N3O6/c1-3-33-20-10-6-17(7-11-20)26-23(29)15-22-24(30)28(18-8-12-19(32-2)13-9-18)25(31)27(22)16-21-5-4-14-34-21/h4-14,22H,3,15-16H2,1-2H3,(H,26,29)/t22-/m1/s1. The van der Waals surface area contributed by atoms with Gasteiger partial charge in [0.25, 0.3) is 5.91 Å². The van der Waals surface area contributed by atoms with E-state index in [0.29, 0.717) is 35.2 Å². The van der Waals surface area contributed by atoms with Crippen LogP contribution in [0.3, 0.4) is 0 Å². The molecule has 1 aromatic heterocycles. The first-order valence-electron chi connectivity index (χ1n) is 10.8. The molecule has 0 spiro atoms. The molecule has 176 valence electrons. The van der Waals surface area contributed by atoms with Gasteiger partial charge < -0.3 is 24.1 Å². The zero-order chi connectivity index (χ0) is 24.1. The Morgan fingerprint density at radius 1 is 1.03 bits per heavy atom. The first-order chi connectivity index (χ1) is 16.5. The average Bonchev–Trinajstić information content (AvgIpc) is 3.43. The first-order valence-corrected chi connectivity index (χ1v) is 10.8. The molecule has 1 atom stereocenters. The minimum atomic E-state index is -0.984. The van der Waals surface area contributed by atoms with Crippen molar-refractivity contribution in [3.05, 3.63) is 72.7 Å². The Hall–Kier alpha value is -4.27. The van der Waals surface area contributed by atoms with Crippen molar-refractivity contribution in [2.75, 3.05) is 23.9 Å². The van der Waals surface area contributed by atoms with E-state index in [4.69, 9.17) is 13.9 Å². The van der Waals surface area contributed by atoms with Gasteiger partial charge in [0, 0.05) is 5.69 Å². The number of hydrogen-bond acceptors (Lipinski definition) is 6. The van der Waals surface area contributed by atoms with Crippen molar-refractivity contribution in [3.8, 4) is 11.5 Å². The number of anilines is 2. The maximum absolute atomic E-state index is 13.3. The second-order valence-corrected chi connectivity index (χ2v) is 7.59. The highest BCUT2D eigenvalue weighted by Crippen LogP contribution is 2.30. The SMILES string of the molecule is CCOc1ccc(NC(=O)C[C@@H]2C(=O)N(c3ccc(OC)cc3)C(=O)N2Cc2ccco2)cc1. The van der Waals surface area contributed by atoms with Gasteiger partial charge in [0.2, 0.25) is 5.91 Å². The summed E-state index contributed by atoms with van der Waals surface area (Å²) in [5.74, 6) is 0.924. The van der Waals surface area contributed by atoms with E-state index >= 15 is 0 Å². The molecule has 2 heterocycles. The average molecular weight is 463 g/mol. The number of nitrogens with one attached hydrogen (secondary N) is 1. The summed E-state index contributed by atoms with van der Waals surface area (Å²) in [6.45, 7) is 2.49. The molecule has 2 aromatic carbocycles. The number of carbonyl (C=O) groups is 3. The van der Waals surface area contributed by atoms with Crippen LogP contribution in [0.1, 0.15) is 19.1 Å². The fraction of sp³-hybridized carbons (Fsp3) is 0.240. The molecule has 1 aliphatic heterocycles. The molecule has 1 aliphatic rings. The molecular formula is C25H25N3O6. The van der Waals surface area contributed by atoms with Crippen molar-refractivity contribution in [2.45, 2.75) is 25.9 Å². The number of methoxy groups -OCH3 is 1. The maximum Gasteiger partial charge on any atom is 0.332 e. The van der Waals surface area contributed by atoms with Gasteiger partial charge in [0.05, 0.1) is 38.6 Å². The molecule has 0 bridgehead atoms. The van der Waals surface area contributed by atoms with Gasteiger partial charge in [-0.3, -0.25) is 9.59 Å². The van der Waals surface area contributed by atoms with E-state index in [0.717, 1.165) is 4.90 Å². The van der Waals surface area contributed by atoms with Crippen LogP contribution in [0.15, 0.2) is 71.3 Å². The minimum Gasteiger partial charge on any atom is -0.497 e. The summed E-state index contributed by atoms with van der Waals surface area (Å²) in [5, 5.41) is 2.78. The zero-order valence-electron chi connectivity index (χ0n) is 18.9. The number of rotatable bonds is 9. The van der Waals surface area contributed by atoms with Gasteiger partial charge in [-0.1, -0.05) is 0 Å². The van der Waals surface area contributed by atoms with Crippen LogP contribution in [0.5, 0.6) is 11.5 Å². The van der Waals surface area contributed by atoms with E-state index in [2.05, 4.69) is 5.32 Å². The van der Waals surface area contributed by atoms with Crippen LogP contribution in [0.4, 0.5) is 16.2 Å². The smallest absolute Gasteiger partial charge is 0.332 e. The summed E-state index contributed by atoms with van der Waals surface area (Å²) in [5.41, 5.74) is 0.962. The van der Waals surface area contributed by atoms with Crippen LogP contribution in [0.2, 0.25) is 0 Å². The molecule has 9 nitrogen and oxygen atoms in total. The highest BCUT2D eigenvalue weighted by Gasteiger charge is 2.47. The Bertz CT molecular complexity index is 1140. The summed E-state index contributed by atoms with van der Waals surface area (Å²) < 4.78 is 15.9. The molecule has 1 N–H and O–H groups in total. The minimum absolute atomic E-state index is 0.0607. The third kappa shape index (κ3) is 4.88. The summed E-state index contributed by atoms with van der Waals surface area (Å²) in [6.07, 6.45) is 1.29. The summed E-state index contributed by atoms with van der Waals surface area (Å²) in [4.78, 5) is 41.8. The molecule has 0 unspecified atom stereocenters. The number of furan rings is 1. The summed E-state index contributed by atoms with van der Waals surface area (Å²) >= 11 is 0. The second kappa shape index (κ2) is 10.1. The summed E-state index contributed by atoms with van der Waals surface area (Å²) in [6, 6.07) is 15.4. The first kappa shape index (κ1) is 22.9.